The van der Waals surface area contributed by atoms with Crippen LogP contribution in [0.3, 0.4) is 0 Å². The smallest absolute Gasteiger partial charge is 0.255 e. The summed E-state index contributed by atoms with van der Waals surface area (Å²) in [6, 6.07) is 6.30. The summed E-state index contributed by atoms with van der Waals surface area (Å²) in [4.78, 5) is 12.2. The molecule has 0 atom stereocenters. The zero-order chi connectivity index (χ0) is 13.5. The first-order valence-corrected chi connectivity index (χ1v) is 6.19. The van der Waals surface area contributed by atoms with Gasteiger partial charge in [-0.1, -0.05) is 12.1 Å². The van der Waals surface area contributed by atoms with E-state index < -0.39 is 0 Å². The van der Waals surface area contributed by atoms with Crippen LogP contribution in [-0.4, -0.2) is 16.1 Å². The average molecular weight is 259 g/mol. The summed E-state index contributed by atoms with van der Waals surface area (Å²) < 4.78 is 12.9. The first-order chi connectivity index (χ1) is 9.11. The van der Waals surface area contributed by atoms with Crippen molar-refractivity contribution in [3.05, 3.63) is 53.1 Å². The molecule has 98 valence electrons. The highest BCUT2D eigenvalue weighted by atomic mass is 19.1. The SMILES string of the molecule is Cc1[nH]ncc1C(=O)NC1(c2ccc(F)cc2)CC1. The van der Waals surface area contributed by atoms with E-state index in [1.165, 1.54) is 18.3 Å². The number of hydrogen-bond acceptors (Lipinski definition) is 2. The standard InChI is InChI=1S/C14H14FN3O/c1-9-12(8-16-18-9)13(19)17-14(6-7-14)10-2-4-11(15)5-3-10/h2-5,8H,6-7H2,1H3,(H,16,18)(H,17,19). The molecule has 1 heterocycles. The Labute approximate surface area is 110 Å². The van der Waals surface area contributed by atoms with Crippen molar-refractivity contribution in [3.8, 4) is 0 Å². The molecule has 5 heteroatoms. The van der Waals surface area contributed by atoms with Crippen LogP contribution >= 0.6 is 0 Å². The second kappa shape index (κ2) is 4.19. The van der Waals surface area contributed by atoms with E-state index in [0.29, 0.717) is 5.56 Å². The number of nitrogens with zero attached hydrogens (tertiary/aromatic N) is 1. The summed E-state index contributed by atoms with van der Waals surface area (Å²) in [5.41, 5.74) is 1.90. The van der Waals surface area contributed by atoms with E-state index in [2.05, 4.69) is 15.5 Å². The predicted molar refractivity (Wildman–Crippen MR) is 68.1 cm³/mol. The maximum absolute atomic E-state index is 12.9. The topological polar surface area (TPSA) is 57.8 Å². The van der Waals surface area contributed by atoms with Gasteiger partial charge in [0, 0.05) is 5.69 Å². The van der Waals surface area contributed by atoms with E-state index in [0.717, 1.165) is 24.1 Å². The first kappa shape index (κ1) is 11.9. The van der Waals surface area contributed by atoms with Crippen LogP contribution in [0.1, 0.15) is 34.5 Å². The van der Waals surface area contributed by atoms with Crippen molar-refractivity contribution in [1.82, 2.24) is 15.5 Å². The van der Waals surface area contributed by atoms with Crippen molar-refractivity contribution in [2.75, 3.05) is 0 Å². The van der Waals surface area contributed by atoms with E-state index in [1.807, 2.05) is 0 Å². The third-order valence-electron chi connectivity index (χ3n) is 3.57. The fraction of sp³-hybridized carbons (Fsp3) is 0.286. The highest BCUT2D eigenvalue weighted by molar-refractivity contribution is 5.95. The van der Waals surface area contributed by atoms with Gasteiger partial charge >= 0.3 is 0 Å². The monoisotopic (exact) mass is 259 g/mol. The average Bonchev–Trinajstić information content (AvgIpc) is 3.03. The summed E-state index contributed by atoms with van der Waals surface area (Å²) >= 11 is 0. The van der Waals surface area contributed by atoms with Gasteiger partial charge in [0.05, 0.1) is 17.3 Å². The minimum absolute atomic E-state index is 0.145. The van der Waals surface area contributed by atoms with Gasteiger partial charge in [-0.2, -0.15) is 5.10 Å². The number of rotatable bonds is 3. The molecule has 1 aliphatic rings. The second-order valence-electron chi connectivity index (χ2n) is 4.95. The molecule has 1 amide bonds. The number of nitrogens with one attached hydrogen (secondary N) is 2. The van der Waals surface area contributed by atoms with Crippen LogP contribution in [-0.2, 0) is 5.54 Å². The van der Waals surface area contributed by atoms with E-state index in [9.17, 15) is 9.18 Å². The number of benzene rings is 1. The van der Waals surface area contributed by atoms with Gasteiger partial charge in [-0.15, -0.1) is 0 Å². The van der Waals surface area contributed by atoms with Crippen LogP contribution in [0.25, 0.3) is 0 Å². The quantitative estimate of drug-likeness (QED) is 0.888. The van der Waals surface area contributed by atoms with Crippen LogP contribution in [0, 0.1) is 12.7 Å². The summed E-state index contributed by atoms with van der Waals surface area (Å²) in [5.74, 6) is -0.412. The van der Waals surface area contributed by atoms with Crippen molar-refractivity contribution in [2.24, 2.45) is 0 Å². The summed E-state index contributed by atoms with van der Waals surface area (Å²) in [6.07, 6.45) is 3.27. The number of hydrogen-bond donors (Lipinski definition) is 2. The number of carbonyl (C=O) groups excluding carboxylic acids is 1. The van der Waals surface area contributed by atoms with Gasteiger partial charge in [0.1, 0.15) is 5.82 Å². The minimum Gasteiger partial charge on any atom is -0.342 e. The van der Waals surface area contributed by atoms with Crippen molar-refractivity contribution in [1.29, 1.82) is 0 Å². The van der Waals surface area contributed by atoms with Gasteiger partial charge in [-0.25, -0.2) is 4.39 Å². The molecular formula is C14H14FN3O. The zero-order valence-electron chi connectivity index (χ0n) is 10.5. The second-order valence-corrected chi connectivity index (χ2v) is 4.95. The molecule has 1 aliphatic carbocycles. The Morgan fingerprint density at radius 3 is 2.58 bits per heavy atom. The van der Waals surface area contributed by atoms with E-state index in [1.54, 1.807) is 19.1 Å². The summed E-state index contributed by atoms with van der Waals surface area (Å²) in [7, 11) is 0. The molecule has 2 N–H and O–H groups in total. The Morgan fingerprint density at radius 2 is 2.05 bits per heavy atom. The Bertz CT molecular complexity index is 614. The highest BCUT2D eigenvalue weighted by Gasteiger charge is 2.45. The molecule has 2 aromatic rings. The third kappa shape index (κ3) is 2.12. The Hall–Kier alpha value is -2.17. The van der Waals surface area contributed by atoms with E-state index in [-0.39, 0.29) is 17.3 Å². The van der Waals surface area contributed by atoms with Gasteiger partial charge in [-0.3, -0.25) is 9.89 Å². The molecule has 0 bridgehead atoms. The molecule has 1 aromatic carbocycles. The molecule has 0 unspecified atom stereocenters. The number of halogens is 1. The molecule has 1 saturated carbocycles. The Balaban J connectivity index is 1.81. The van der Waals surface area contributed by atoms with Crippen LogP contribution in [0.15, 0.2) is 30.5 Å². The first-order valence-electron chi connectivity index (χ1n) is 6.19. The number of aromatic amines is 1. The molecule has 1 fully saturated rings. The van der Waals surface area contributed by atoms with E-state index >= 15 is 0 Å². The lowest BCUT2D eigenvalue weighted by molar-refractivity contribution is 0.0930. The molecule has 1 aromatic heterocycles. The zero-order valence-corrected chi connectivity index (χ0v) is 10.5. The summed E-state index contributed by atoms with van der Waals surface area (Å²) in [5, 5.41) is 9.61. The molecule has 0 saturated heterocycles. The summed E-state index contributed by atoms with van der Waals surface area (Å²) in [6.45, 7) is 1.80. The largest absolute Gasteiger partial charge is 0.342 e. The molecular weight excluding hydrogens is 245 g/mol. The van der Waals surface area contributed by atoms with Crippen molar-refractivity contribution >= 4 is 5.91 Å². The van der Waals surface area contributed by atoms with Gasteiger partial charge in [0.2, 0.25) is 0 Å². The maximum Gasteiger partial charge on any atom is 0.255 e. The molecule has 19 heavy (non-hydrogen) atoms. The van der Waals surface area contributed by atoms with Crippen molar-refractivity contribution in [3.63, 3.8) is 0 Å². The normalized spacial score (nSPS) is 16.1. The Morgan fingerprint density at radius 1 is 1.37 bits per heavy atom. The van der Waals surface area contributed by atoms with Crippen LogP contribution < -0.4 is 5.32 Å². The number of amides is 1. The lowest BCUT2D eigenvalue weighted by atomic mass is 10.0. The molecule has 0 radical (unpaired) electrons. The Kier molecular flexibility index (Phi) is 2.62. The lowest BCUT2D eigenvalue weighted by Gasteiger charge is -2.17. The molecule has 3 rings (SSSR count). The highest BCUT2D eigenvalue weighted by Crippen LogP contribution is 2.45. The predicted octanol–water partition coefficient (Wildman–Crippen LogP) is 2.28. The number of aryl methyl sites for hydroxylation is 1. The maximum atomic E-state index is 12.9. The number of H-pyrrole nitrogens is 1. The third-order valence-corrected chi connectivity index (χ3v) is 3.57. The minimum atomic E-state index is -0.339. The van der Waals surface area contributed by atoms with Crippen LogP contribution in [0.5, 0.6) is 0 Å². The van der Waals surface area contributed by atoms with Gasteiger partial charge < -0.3 is 5.32 Å². The molecule has 4 nitrogen and oxygen atoms in total. The molecule has 0 aliphatic heterocycles. The van der Waals surface area contributed by atoms with E-state index in [4.69, 9.17) is 0 Å². The molecule has 0 spiro atoms. The fourth-order valence-electron chi connectivity index (χ4n) is 2.24. The van der Waals surface area contributed by atoms with Crippen LogP contribution in [0.4, 0.5) is 4.39 Å². The number of aromatic nitrogens is 2. The number of carbonyl (C=O) groups is 1. The fourth-order valence-corrected chi connectivity index (χ4v) is 2.24. The van der Waals surface area contributed by atoms with Crippen molar-refractivity contribution < 1.29 is 9.18 Å². The van der Waals surface area contributed by atoms with Crippen molar-refractivity contribution in [2.45, 2.75) is 25.3 Å². The van der Waals surface area contributed by atoms with Gasteiger partial charge in [0.25, 0.3) is 5.91 Å². The lowest BCUT2D eigenvalue weighted by Crippen LogP contribution is -2.35. The van der Waals surface area contributed by atoms with Crippen LogP contribution in [0.2, 0.25) is 0 Å². The van der Waals surface area contributed by atoms with Gasteiger partial charge in [0.15, 0.2) is 0 Å². The van der Waals surface area contributed by atoms with Gasteiger partial charge in [-0.05, 0) is 37.5 Å².